The molecule has 0 bridgehead atoms. The van der Waals surface area contributed by atoms with Crippen molar-refractivity contribution in [1.29, 1.82) is 0 Å². The van der Waals surface area contributed by atoms with Gasteiger partial charge in [0.1, 0.15) is 0 Å². The Morgan fingerprint density at radius 2 is 1.38 bits per heavy atom. The molecule has 1 heterocycles. The number of hydrogen-bond donors (Lipinski definition) is 0. The second-order valence-corrected chi connectivity index (χ2v) is 15.5. The summed E-state index contributed by atoms with van der Waals surface area (Å²) in [5, 5.41) is 0.343. The Hall–Kier alpha value is -1.38. The molecule has 2 heteroatoms. The summed E-state index contributed by atoms with van der Waals surface area (Å²) in [6.45, 7) is 14.5. The first kappa shape index (κ1) is 18.0. The fourth-order valence-corrected chi connectivity index (χ4v) is 13.4. The van der Waals surface area contributed by atoms with Gasteiger partial charge in [-0.2, -0.15) is 0 Å². The van der Waals surface area contributed by atoms with E-state index in [0.29, 0.717) is 17.6 Å². The van der Waals surface area contributed by atoms with Gasteiger partial charge in [-0.3, -0.25) is 0 Å². The van der Waals surface area contributed by atoms with Crippen molar-refractivity contribution in [3.05, 3.63) is 71.3 Å². The van der Waals surface area contributed by atoms with E-state index in [2.05, 4.69) is 96.1 Å². The normalized spacial score (nSPS) is 27.2. The summed E-state index contributed by atoms with van der Waals surface area (Å²) in [5.74, 6) is 0.499. The van der Waals surface area contributed by atoms with Gasteiger partial charge in [0.15, 0.2) is 0 Å². The molecular formula is C24H32OSi. The molecule has 2 aromatic rings. The molecule has 2 aromatic carbocycles. The maximum absolute atomic E-state index is 7.29. The zero-order valence-corrected chi connectivity index (χ0v) is 18.0. The molecule has 0 aromatic heterocycles. The fraction of sp³-hybridized carbons (Fsp3) is 0.500. The van der Waals surface area contributed by atoms with Crippen LogP contribution in [-0.2, 0) is 10.8 Å². The number of hydrogen-bond acceptors (Lipinski definition) is 1. The van der Waals surface area contributed by atoms with Gasteiger partial charge in [0, 0.05) is 11.5 Å². The summed E-state index contributed by atoms with van der Waals surface area (Å²) in [6, 6.07) is 20.3. The van der Waals surface area contributed by atoms with Crippen molar-refractivity contribution in [2.24, 2.45) is 0 Å². The van der Waals surface area contributed by atoms with Gasteiger partial charge in [-0.25, -0.2) is 0 Å². The molecular weight excluding hydrogens is 332 g/mol. The van der Waals surface area contributed by atoms with Gasteiger partial charge in [-0.05, 0) is 33.2 Å². The Morgan fingerprint density at radius 1 is 0.808 bits per heavy atom. The van der Waals surface area contributed by atoms with Crippen molar-refractivity contribution in [2.45, 2.75) is 75.6 Å². The Labute approximate surface area is 159 Å². The van der Waals surface area contributed by atoms with Gasteiger partial charge < -0.3 is 4.43 Å². The topological polar surface area (TPSA) is 9.23 Å². The molecule has 0 amide bonds. The fourth-order valence-electron chi connectivity index (χ4n) is 6.18. The minimum absolute atomic E-state index is 0.172. The van der Waals surface area contributed by atoms with Crippen LogP contribution in [0.15, 0.2) is 54.6 Å². The lowest BCUT2D eigenvalue weighted by molar-refractivity contribution is 0.194. The number of benzene rings is 2. The lowest BCUT2D eigenvalue weighted by atomic mass is 9.91. The Balaban J connectivity index is 1.97. The number of fused-ring (bicyclic) bond motifs is 3. The van der Waals surface area contributed by atoms with Crippen LogP contribution in [0.25, 0.3) is 0 Å². The Kier molecular flexibility index (Phi) is 4.02. The summed E-state index contributed by atoms with van der Waals surface area (Å²) < 4.78 is 7.29. The molecule has 0 unspecified atom stereocenters. The summed E-state index contributed by atoms with van der Waals surface area (Å²) >= 11 is 0. The van der Waals surface area contributed by atoms with Crippen LogP contribution in [0.1, 0.15) is 69.7 Å². The molecule has 1 nitrogen and oxygen atoms in total. The monoisotopic (exact) mass is 364 g/mol. The lowest BCUT2D eigenvalue weighted by Gasteiger charge is -2.52. The van der Waals surface area contributed by atoms with Gasteiger partial charge in [-0.15, -0.1) is 0 Å². The zero-order valence-electron chi connectivity index (χ0n) is 17.0. The predicted molar refractivity (Wildman–Crippen MR) is 112 cm³/mol. The van der Waals surface area contributed by atoms with Crippen LogP contribution in [0.3, 0.4) is 0 Å². The second kappa shape index (κ2) is 5.81. The van der Waals surface area contributed by atoms with Gasteiger partial charge in [0.25, 0.3) is 0 Å². The van der Waals surface area contributed by atoms with Gasteiger partial charge in [0.05, 0.1) is 6.10 Å². The van der Waals surface area contributed by atoms with E-state index in [-0.39, 0.29) is 10.1 Å². The summed E-state index contributed by atoms with van der Waals surface area (Å²) in [5.41, 5.74) is 5.01. The van der Waals surface area contributed by atoms with Crippen molar-refractivity contribution in [3.8, 4) is 0 Å². The Morgan fingerprint density at radius 3 is 2.00 bits per heavy atom. The third-order valence-corrected chi connectivity index (χ3v) is 13.5. The average molecular weight is 365 g/mol. The molecule has 1 fully saturated rings. The second-order valence-electron chi connectivity index (χ2n) is 10.2. The van der Waals surface area contributed by atoms with E-state index in [1.54, 1.807) is 0 Å². The minimum Gasteiger partial charge on any atom is -0.411 e. The Bertz CT molecular complexity index is 783. The average Bonchev–Trinajstić information content (AvgIpc) is 3.08. The SMILES string of the molecule is CC(C)(C)[Si]1(C(C)(C)C)O[C@@H]2Cc3ccccc3[C@@H]2[C@@H]1c1ccccc1. The highest BCUT2D eigenvalue weighted by molar-refractivity contribution is 6.81. The van der Waals surface area contributed by atoms with E-state index in [0.717, 1.165) is 6.42 Å². The van der Waals surface area contributed by atoms with E-state index < -0.39 is 8.32 Å². The summed E-state index contributed by atoms with van der Waals surface area (Å²) in [4.78, 5) is 0. The predicted octanol–water partition coefficient (Wildman–Crippen LogP) is 6.59. The molecule has 0 saturated carbocycles. The van der Waals surface area contributed by atoms with Crippen LogP contribution in [0.4, 0.5) is 0 Å². The summed E-state index contributed by atoms with van der Waals surface area (Å²) in [7, 11) is -2.17. The standard InChI is InChI=1S/C24H32OSi/c1-23(2,3)26(24(4,5)6)22(17-12-8-7-9-13-17)21-19-15-11-10-14-18(19)16-20(21)25-26/h7-15,20-22H,16H2,1-6H3/t20-,21+,22+/m1/s1. The summed E-state index contributed by atoms with van der Waals surface area (Å²) in [6.07, 6.45) is 1.41. The van der Waals surface area contributed by atoms with Crippen LogP contribution < -0.4 is 0 Å². The highest BCUT2D eigenvalue weighted by atomic mass is 28.4. The maximum Gasteiger partial charge on any atom is 0.211 e. The first-order chi connectivity index (χ1) is 12.2. The van der Waals surface area contributed by atoms with Crippen LogP contribution in [0.2, 0.25) is 10.1 Å². The van der Waals surface area contributed by atoms with Crippen LogP contribution in [0.5, 0.6) is 0 Å². The molecule has 0 radical (unpaired) electrons. The van der Waals surface area contributed by atoms with Crippen molar-refractivity contribution in [2.75, 3.05) is 0 Å². The third-order valence-electron chi connectivity index (χ3n) is 6.76. The van der Waals surface area contributed by atoms with Crippen LogP contribution >= 0.6 is 0 Å². The molecule has 1 saturated heterocycles. The quantitative estimate of drug-likeness (QED) is 0.518. The van der Waals surface area contributed by atoms with Crippen molar-refractivity contribution in [3.63, 3.8) is 0 Å². The zero-order chi connectivity index (χ0) is 18.7. The molecule has 0 N–H and O–H groups in total. The molecule has 2 aliphatic rings. The molecule has 3 atom stereocenters. The van der Waals surface area contributed by atoms with E-state index >= 15 is 0 Å². The van der Waals surface area contributed by atoms with Crippen LogP contribution in [0, 0.1) is 0 Å². The van der Waals surface area contributed by atoms with E-state index in [4.69, 9.17) is 4.43 Å². The maximum atomic E-state index is 7.29. The third kappa shape index (κ3) is 2.38. The first-order valence-electron chi connectivity index (χ1n) is 9.97. The minimum atomic E-state index is -2.17. The van der Waals surface area contributed by atoms with Gasteiger partial charge >= 0.3 is 0 Å². The van der Waals surface area contributed by atoms with E-state index in [9.17, 15) is 0 Å². The number of rotatable bonds is 1. The van der Waals surface area contributed by atoms with Crippen molar-refractivity contribution >= 4 is 8.32 Å². The largest absolute Gasteiger partial charge is 0.411 e. The highest BCUT2D eigenvalue weighted by Crippen LogP contribution is 2.67. The van der Waals surface area contributed by atoms with Crippen molar-refractivity contribution in [1.82, 2.24) is 0 Å². The first-order valence-corrected chi connectivity index (χ1v) is 12.0. The molecule has 4 rings (SSSR count). The van der Waals surface area contributed by atoms with E-state index in [1.165, 1.54) is 16.7 Å². The van der Waals surface area contributed by atoms with Crippen LogP contribution in [-0.4, -0.2) is 14.4 Å². The molecule has 138 valence electrons. The molecule has 1 aliphatic carbocycles. The molecule has 26 heavy (non-hydrogen) atoms. The smallest absolute Gasteiger partial charge is 0.211 e. The highest BCUT2D eigenvalue weighted by Gasteiger charge is 2.69. The molecule has 0 spiro atoms. The van der Waals surface area contributed by atoms with E-state index in [1.807, 2.05) is 0 Å². The van der Waals surface area contributed by atoms with Crippen molar-refractivity contribution < 1.29 is 4.43 Å². The lowest BCUT2D eigenvalue weighted by Crippen LogP contribution is -2.57. The molecule has 1 aliphatic heterocycles. The van der Waals surface area contributed by atoms with Gasteiger partial charge in [-0.1, -0.05) is 96.1 Å². The van der Waals surface area contributed by atoms with Gasteiger partial charge in [0.2, 0.25) is 8.32 Å².